The van der Waals surface area contributed by atoms with Gasteiger partial charge in [0.2, 0.25) is 0 Å². The average Bonchev–Trinajstić information content (AvgIpc) is 2.75. The molecule has 6 heteroatoms. The number of hydrogen-bond donors (Lipinski definition) is 0. The molecule has 1 aliphatic rings. The molecule has 1 aromatic carbocycles. The minimum Gasteiger partial charge on any atom is -0.492 e. The van der Waals surface area contributed by atoms with Gasteiger partial charge in [0, 0.05) is 6.04 Å². The number of thioether (sulfide) groups is 1. The second kappa shape index (κ2) is 6.72. The largest absolute Gasteiger partial charge is 0.492 e. The topological polar surface area (TPSA) is 12.5 Å². The van der Waals surface area contributed by atoms with Crippen LogP contribution in [0, 0.1) is 0 Å². The SMILES string of the molecule is CN1CCCC1CCOc1ccccc1SC(F)(F)F. The normalized spacial score (nSPS) is 20.3. The predicted octanol–water partition coefficient (Wildman–Crippen LogP) is 4.16. The van der Waals surface area contributed by atoms with Crippen LogP contribution in [0.3, 0.4) is 0 Å². The van der Waals surface area contributed by atoms with Gasteiger partial charge in [-0.05, 0) is 56.7 Å². The van der Waals surface area contributed by atoms with Crippen molar-refractivity contribution in [2.24, 2.45) is 0 Å². The summed E-state index contributed by atoms with van der Waals surface area (Å²) in [5, 5.41) is 0. The van der Waals surface area contributed by atoms with Gasteiger partial charge in [0.15, 0.2) is 0 Å². The van der Waals surface area contributed by atoms with Crippen LogP contribution in [0.2, 0.25) is 0 Å². The number of ether oxygens (including phenoxy) is 1. The summed E-state index contributed by atoms with van der Waals surface area (Å²) in [5.41, 5.74) is -4.29. The Hall–Kier alpha value is -0.880. The lowest BCUT2D eigenvalue weighted by molar-refractivity contribution is -0.0329. The standard InChI is InChI=1S/C14H18F3NOS/c1-18-9-4-5-11(18)8-10-19-12-6-2-3-7-13(12)20-14(15,16)17/h2-3,6-7,11H,4-5,8-10H2,1H3. The van der Waals surface area contributed by atoms with Crippen molar-refractivity contribution in [1.29, 1.82) is 0 Å². The molecule has 0 aliphatic carbocycles. The molecule has 1 saturated heterocycles. The van der Waals surface area contributed by atoms with Gasteiger partial charge in [0.25, 0.3) is 0 Å². The Morgan fingerprint density at radius 3 is 2.75 bits per heavy atom. The van der Waals surface area contributed by atoms with E-state index in [1.54, 1.807) is 18.2 Å². The molecule has 112 valence electrons. The number of benzene rings is 1. The third-order valence-corrected chi connectivity index (χ3v) is 4.24. The van der Waals surface area contributed by atoms with E-state index in [2.05, 4.69) is 11.9 Å². The third kappa shape index (κ3) is 4.59. The van der Waals surface area contributed by atoms with Gasteiger partial charge in [-0.15, -0.1) is 0 Å². The Morgan fingerprint density at radius 2 is 2.10 bits per heavy atom. The van der Waals surface area contributed by atoms with Gasteiger partial charge in [-0.1, -0.05) is 12.1 Å². The first kappa shape index (κ1) is 15.5. The maximum Gasteiger partial charge on any atom is 0.446 e. The van der Waals surface area contributed by atoms with Crippen LogP contribution in [0.5, 0.6) is 5.75 Å². The Bertz CT molecular complexity index is 439. The van der Waals surface area contributed by atoms with Crippen LogP contribution in [0.25, 0.3) is 0 Å². The zero-order chi connectivity index (χ0) is 14.6. The zero-order valence-electron chi connectivity index (χ0n) is 11.3. The molecule has 1 fully saturated rings. The van der Waals surface area contributed by atoms with Gasteiger partial charge in [-0.2, -0.15) is 13.2 Å². The van der Waals surface area contributed by atoms with Crippen LogP contribution in [0.15, 0.2) is 29.2 Å². The second-order valence-electron chi connectivity index (χ2n) is 4.91. The Kier molecular flexibility index (Phi) is 5.21. The summed E-state index contributed by atoms with van der Waals surface area (Å²) in [7, 11) is 2.07. The molecular formula is C14H18F3NOS. The van der Waals surface area contributed by atoms with Crippen molar-refractivity contribution < 1.29 is 17.9 Å². The lowest BCUT2D eigenvalue weighted by Gasteiger charge is -2.19. The highest BCUT2D eigenvalue weighted by Gasteiger charge is 2.30. The van der Waals surface area contributed by atoms with E-state index in [4.69, 9.17) is 4.74 Å². The van der Waals surface area contributed by atoms with Crippen molar-refractivity contribution in [2.45, 2.75) is 35.7 Å². The molecule has 0 bridgehead atoms. The molecular weight excluding hydrogens is 287 g/mol. The van der Waals surface area contributed by atoms with Gasteiger partial charge in [0.1, 0.15) is 5.75 Å². The fourth-order valence-corrected chi connectivity index (χ4v) is 3.05. The number of para-hydroxylation sites is 1. The number of halogens is 3. The smallest absolute Gasteiger partial charge is 0.446 e. The van der Waals surface area contributed by atoms with E-state index >= 15 is 0 Å². The van der Waals surface area contributed by atoms with E-state index < -0.39 is 5.51 Å². The molecule has 1 atom stereocenters. The fraction of sp³-hybridized carbons (Fsp3) is 0.571. The van der Waals surface area contributed by atoms with Gasteiger partial charge < -0.3 is 9.64 Å². The Morgan fingerprint density at radius 1 is 1.35 bits per heavy atom. The first-order valence-electron chi connectivity index (χ1n) is 6.63. The van der Waals surface area contributed by atoms with Crippen molar-refractivity contribution in [3.8, 4) is 5.75 Å². The van der Waals surface area contributed by atoms with Gasteiger partial charge in [-0.3, -0.25) is 0 Å². The van der Waals surface area contributed by atoms with Crippen molar-refractivity contribution in [1.82, 2.24) is 4.90 Å². The van der Waals surface area contributed by atoms with Crippen LogP contribution in [0.4, 0.5) is 13.2 Å². The average molecular weight is 305 g/mol. The molecule has 0 spiro atoms. The van der Waals surface area contributed by atoms with Gasteiger partial charge in [0.05, 0.1) is 11.5 Å². The van der Waals surface area contributed by atoms with Crippen molar-refractivity contribution in [2.75, 3.05) is 20.2 Å². The number of hydrogen-bond acceptors (Lipinski definition) is 3. The molecule has 1 aliphatic heterocycles. The Balaban J connectivity index is 1.89. The van der Waals surface area contributed by atoms with Crippen molar-refractivity contribution in [3.63, 3.8) is 0 Å². The van der Waals surface area contributed by atoms with Gasteiger partial charge >= 0.3 is 5.51 Å². The quantitative estimate of drug-likeness (QED) is 0.758. The third-order valence-electron chi connectivity index (χ3n) is 3.45. The highest BCUT2D eigenvalue weighted by Crippen LogP contribution is 2.41. The molecule has 1 heterocycles. The lowest BCUT2D eigenvalue weighted by atomic mass is 10.1. The van der Waals surface area contributed by atoms with E-state index in [-0.39, 0.29) is 16.7 Å². The van der Waals surface area contributed by atoms with E-state index in [1.165, 1.54) is 12.5 Å². The maximum atomic E-state index is 12.4. The number of nitrogens with zero attached hydrogens (tertiary/aromatic N) is 1. The molecule has 0 saturated carbocycles. The first-order chi connectivity index (χ1) is 9.46. The van der Waals surface area contributed by atoms with E-state index in [0.717, 1.165) is 19.4 Å². The zero-order valence-corrected chi connectivity index (χ0v) is 12.1. The molecule has 0 aromatic heterocycles. The second-order valence-corrected chi connectivity index (χ2v) is 6.02. The maximum absolute atomic E-state index is 12.4. The molecule has 0 radical (unpaired) electrons. The summed E-state index contributed by atoms with van der Waals surface area (Å²) >= 11 is -0.125. The highest BCUT2D eigenvalue weighted by molar-refractivity contribution is 8.00. The summed E-state index contributed by atoms with van der Waals surface area (Å²) in [4.78, 5) is 2.40. The summed E-state index contributed by atoms with van der Waals surface area (Å²) in [6.45, 7) is 1.54. The number of alkyl halides is 3. The van der Waals surface area contributed by atoms with E-state index in [1.807, 2.05) is 0 Å². The number of rotatable bonds is 5. The highest BCUT2D eigenvalue weighted by atomic mass is 32.2. The van der Waals surface area contributed by atoms with E-state index in [9.17, 15) is 13.2 Å². The molecule has 2 rings (SSSR count). The van der Waals surface area contributed by atoms with Crippen molar-refractivity contribution >= 4 is 11.8 Å². The molecule has 2 nitrogen and oxygen atoms in total. The van der Waals surface area contributed by atoms with Gasteiger partial charge in [-0.25, -0.2) is 0 Å². The Labute approximate surface area is 121 Å². The molecule has 1 unspecified atom stereocenters. The first-order valence-corrected chi connectivity index (χ1v) is 7.45. The molecule has 20 heavy (non-hydrogen) atoms. The summed E-state index contributed by atoms with van der Waals surface area (Å²) in [6, 6.07) is 6.79. The van der Waals surface area contributed by atoms with Crippen LogP contribution in [-0.4, -0.2) is 36.6 Å². The minimum absolute atomic E-state index is 0.125. The van der Waals surface area contributed by atoms with Crippen LogP contribution < -0.4 is 4.74 Å². The van der Waals surface area contributed by atoms with Crippen molar-refractivity contribution in [3.05, 3.63) is 24.3 Å². The fourth-order valence-electron chi connectivity index (χ4n) is 2.43. The summed E-state index contributed by atoms with van der Waals surface area (Å²) in [6.07, 6.45) is 3.17. The van der Waals surface area contributed by atoms with Crippen LogP contribution in [0.1, 0.15) is 19.3 Å². The van der Waals surface area contributed by atoms with Crippen LogP contribution >= 0.6 is 11.8 Å². The predicted molar refractivity (Wildman–Crippen MR) is 74.1 cm³/mol. The minimum atomic E-state index is -4.29. The summed E-state index contributed by atoms with van der Waals surface area (Å²) in [5.74, 6) is 0.315. The molecule has 0 amide bonds. The monoisotopic (exact) mass is 305 g/mol. The van der Waals surface area contributed by atoms with Crippen LogP contribution in [-0.2, 0) is 0 Å². The van der Waals surface area contributed by atoms with E-state index in [0.29, 0.717) is 18.4 Å². The molecule has 0 N–H and O–H groups in total. The molecule has 1 aromatic rings. The lowest BCUT2D eigenvalue weighted by Crippen LogP contribution is -2.26. The number of likely N-dealkylation sites (tertiary alicyclic amines) is 1. The summed E-state index contributed by atoms with van der Waals surface area (Å²) < 4.78 is 42.9.